The lowest BCUT2D eigenvalue weighted by atomic mass is 9.93. The van der Waals surface area contributed by atoms with Crippen LogP contribution in [0.15, 0.2) is 66.7 Å². The third-order valence-corrected chi connectivity index (χ3v) is 4.28. The molecule has 0 fully saturated rings. The topological polar surface area (TPSA) is 20.2 Å². The summed E-state index contributed by atoms with van der Waals surface area (Å²) in [4.78, 5) is 0. The molecule has 0 heterocycles. The van der Waals surface area contributed by atoms with Gasteiger partial charge in [-0.2, -0.15) is 0 Å². The molecule has 0 bridgehead atoms. The highest BCUT2D eigenvalue weighted by atomic mass is 16.3. The van der Waals surface area contributed by atoms with E-state index in [1.54, 1.807) is 0 Å². The Kier molecular flexibility index (Phi) is 4.52. The molecule has 0 aliphatic heterocycles. The summed E-state index contributed by atoms with van der Waals surface area (Å²) < 4.78 is 0. The summed E-state index contributed by atoms with van der Waals surface area (Å²) in [7, 11) is 0. The maximum atomic E-state index is 10.6. The fourth-order valence-electron chi connectivity index (χ4n) is 2.76. The summed E-state index contributed by atoms with van der Waals surface area (Å²) in [5.41, 5.74) is 7.46. The van der Waals surface area contributed by atoms with Crippen LogP contribution in [0.2, 0.25) is 0 Å². The van der Waals surface area contributed by atoms with Crippen LogP contribution in [0.5, 0.6) is 5.75 Å². The van der Waals surface area contributed by atoms with Crippen LogP contribution in [0.1, 0.15) is 33.4 Å². The van der Waals surface area contributed by atoms with Crippen molar-refractivity contribution in [2.45, 2.75) is 20.8 Å². The first-order valence-electron chi connectivity index (χ1n) is 8.19. The molecule has 3 aromatic carbocycles. The molecule has 0 saturated heterocycles. The highest BCUT2D eigenvalue weighted by Crippen LogP contribution is 2.34. The van der Waals surface area contributed by atoms with Crippen LogP contribution < -0.4 is 0 Å². The Bertz CT molecular complexity index is 869. The molecule has 1 heteroatoms. The highest BCUT2D eigenvalue weighted by Gasteiger charge is 2.11. The molecular formula is C23H22O. The zero-order valence-electron chi connectivity index (χ0n) is 14.4. The largest absolute Gasteiger partial charge is 0.507 e. The summed E-state index contributed by atoms with van der Waals surface area (Å²) in [6.45, 7) is 6.09. The Morgan fingerprint density at radius 2 is 1.33 bits per heavy atom. The second-order valence-electron chi connectivity index (χ2n) is 6.31. The Morgan fingerprint density at radius 3 is 1.96 bits per heavy atom. The Balaban J connectivity index is 2.19. The van der Waals surface area contributed by atoms with Gasteiger partial charge in [0.15, 0.2) is 0 Å². The molecule has 120 valence electrons. The average molecular weight is 314 g/mol. The number of phenols is 1. The minimum atomic E-state index is 0.344. The number of benzene rings is 3. The number of hydrogen-bond acceptors (Lipinski definition) is 1. The number of phenolic OH excluding ortho intramolecular Hbond substituents is 1. The molecule has 3 aromatic rings. The van der Waals surface area contributed by atoms with Crippen molar-refractivity contribution in [3.05, 3.63) is 100 Å². The van der Waals surface area contributed by atoms with Gasteiger partial charge in [0.1, 0.15) is 5.75 Å². The van der Waals surface area contributed by atoms with Crippen LogP contribution in [0.4, 0.5) is 0 Å². The van der Waals surface area contributed by atoms with E-state index in [1.807, 2.05) is 25.1 Å². The van der Waals surface area contributed by atoms with E-state index in [0.717, 1.165) is 27.8 Å². The first-order valence-corrected chi connectivity index (χ1v) is 8.19. The van der Waals surface area contributed by atoms with Gasteiger partial charge in [0.05, 0.1) is 0 Å². The minimum Gasteiger partial charge on any atom is -0.507 e. The van der Waals surface area contributed by atoms with Crippen molar-refractivity contribution in [3.63, 3.8) is 0 Å². The molecule has 0 aliphatic carbocycles. The van der Waals surface area contributed by atoms with Crippen LogP contribution in [0, 0.1) is 20.8 Å². The Labute approximate surface area is 143 Å². The van der Waals surface area contributed by atoms with E-state index in [-0.39, 0.29) is 0 Å². The van der Waals surface area contributed by atoms with E-state index in [4.69, 9.17) is 0 Å². The second-order valence-corrected chi connectivity index (χ2v) is 6.31. The molecule has 0 aromatic heterocycles. The van der Waals surface area contributed by atoms with Crippen LogP contribution in [0.25, 0.3) is 11.6 Å². The predicted molar refractivity (Wildman–Crippen MR) is 102 cm³/mol. The van der Waals surface area contributed by atoms with Gasteiger partial charge in [-0.1, -0.05) is 77.9 Å². The van der Waals surface area contributed by atoms with Crippen molar-refractivity contribution in [2.24, 2.45) is 0 Å². The van der Waals surface area contributed by atoms with Crippen LogP contribution in [-0.2, 0) is 0 Å². The van der Waals surface area contributed by atoms with Gasteiger partial charge in [-0.15, -0.1) is 0 Å². The van der Waals surface area contributed by atoms with Gasteiger partial charge >= 0.3 is 0 Å². The normalized spacial score (nSPS) is 11.5. The van der Waals surface area contributed by atoms with E-state index in [1.165, 1.54) is 11.1 Å². The van der Waals surface area contributed by atoms with Gasteiger partial charge in [0.25, 0.3) is 0 Å². The Hall–Kier alpha value is -2.80. The molecule has 3 rings (SSSR count). The van der Waals surface area contributed by atoms with Crippen molar-refractivity contribution in [1.82, 2.24) is 0 Å². The van der Waals surface area contributed by atoms with Gasteiger partial charge in [-0.05, 0) is 49.1 Å². The molecule has 0 unspecified atom stereocenters. The first kappa shape index (κ1) is 16.1. The molecule has 1 N–H and O–H groups in total. The summed E-state index contributed by atoms with van der Waals surface area (Å²) in [6.07, 6.45) is 2.14. The lowest BCUT2D eigenvalue weighted by Gasteiger charge is -2.13. The number of aryl methyl sites for hydroxylation is 3. The van der Waals surface area contributed by atoms with Crippen LogP contribution in [0.3, 0.4) is 0 Å². The number of hydrogen-bond donors (Lipinski definition) is 1. The monoisotopic (exact) mass is 314 g/mol. The number of rotatable bonds is 3. The second kappa shape index (κ2) is 6.76. The zero-order valence-corrected chi connectivity index (χ0v) is 14.4. The number of aromatic hydroxyl groups is 1. The van der Waals surface area contributed by atoms with Gasteiger partial charge < -0.3 is 5.11 Å². The Morgan fingerprint density at radius 1 is 0.750 bits per heavy atom. The molecule has 1 nitrogen and oxygen atoms in total. The molecule has 0 saturated carbocycles. The van der Waals surface area contributed by atoms with Crippen molar-refractivity contribution in [1.29, 1.82) is 0 Å². The zero-order chi connectivity index (χ0) is 17.1. The number of para-hydroxylation sites is 1. The average Bonchev–Trinajstić information content (AvgIpc) is 2.58. The summed E-state index contributed by atoms with van der Waals surface area (Å²) in [6, 6.07) is 22.7. The van der Waals surface area contributed by atoms with Crippen molar-refractivity contribution < 1.29 is 5.11 Å². The SMILES string of the molecule is Cc1ccc(/C=C(\c2ccc(C)cc2)c2cccc(C)c2O)cc1. The van der Waals surface area contributed by atoms with Crippen molar-refractivity contribution >= 4 is 11.6 Å². The molecular weight excluding hydrogens is 292 g/mol. The van der Waals surface area contributed by atoms with E-state index in [0.29, 0.717) is 5.75 Å². The summed E-state index contributed by atoms with van der Waals surface area (Å²) in [5, 5.41) is 10.6. The third kappa shape index (κ3) is 3.41. The molecule has 0 amide bonds. The molecule has 24 heavy (non-hydrogen) atoms. The van der Waals surface area contributed by atoms with Crippen molar-refractivity contribution in [2.75, 3.05) is 0 Å². The summed E-state index contributed by atoms with van der Waals surface area (Å²) >= 11 is 0. The van der Waals surface area contributed by atoms with E-state index < -0.39 is 0 Å². The van der Waals surface area contributed by atoms with Gasteiger partial charge in [0, 0.05) is 5.56 Å². The van der Waals surface area contributed by atoms with Crippen molar-refractivity contribution in [3.8, 4) is 5.75 Å². The van der Waals surface area contributed by atoms with E-state index in [2.05, 4.69) is 68.5 Å². The standard InChI is InChI=1S/C23H22O/c1-16-7-11-19(12-8-16)15-22(20-13-9-17(2)10-14-20)21-6-4-5-18(3)23(21)24/h4-15,24H,1-3H3/b22-15+. The fourth-order valence-corrected chi connectivity index (χ4v) is 2.76. The van der Waals surface area contributed by atoms with Crippen LogP contribution in [-0.4, -0.2) is 5.11 Å². The summed E-state index contributed by atoms with van der Waals surface area (Å²) in [5.74, 6) is 0.344. The maximum absolute atomic E-state index is 10.6. The lowest BCUT2D eigenvalue weighted by Crippen LogP contribution is -1.91. The predicted octanol–water partition coefficient (Wildman–Crippen LogP) is 5.91. The van der Waals surface area contributed by atoms with Gasteiger partial charge in [-0.3, -0.25) is 0 Å². The minimum absolute atomic E-state index is 0.344. The fraction of sp³-hybridized carbons (Fsp3) is 0.130. The molecule has 0 atom stereocenters. The highest BCUT2D eigenvalue weighted by molar-refractivity contribution is 5.93. The lowest BCUT2D eigenvalue weighted by molar-refractivity contribution is 0.469. The third-order valence-electron chi connectivity index (χ3n) is 4.28. The molecule has 0 radical (unpaired) electrons. The smallest absolute Gasteiger partial charge is 0.126 e. The first-order chi connectivity index (χ1) is 11.5. The quantitative estimate of drug-likeness (QED) is 0.596. The van der Waals surface area contributed by atoms with E-state index >= 15 is 0 Å². The molecule has 0 aliphatic rings. The van der Waals surface area contributed by atoms with Crippen LogP contribution >= 0.6 is 0 Å². The maximum Gasteiger partial charge on any atom is 0.126 e. The molecule has 0 spiro atoms. The van der Waals surface area contributed by atoms with Gasteiger partial charge in [-0.25, -0.2) is 0 Å². The van der Waals surface area contributed by atoms with Gasteiger partial charge in [0.2, 0.25) is 0 Å². The van der Waals surface area contributed by atoms with E-state index in [9.17, 15) is 5.11 Å².